The van der Waals surface area contributed by atoms with Gasteiger partial charge in [-0.3, -0.25) is 0 Å². The van der Waals surface area contributed by atoms with Crippen molar-refractivity contribution in [1.29, 1.82) is 0 Å². The maximum atomic E-state index is 5.91. The summed E-state index contributed by atoms with van der Waals surface area (Å²) < 4.78 is 16.3. The van der Waals surface area contributed by atoms with Crippen LogP contribution < -0.4 is 5.32 Å². The van der Waals surface area contributed by atoms with E-state index in [4.69, 9.17) is 14.2 Å². The number of hydrogen-bond acceptors (Lipinski definition) is 4. The third-order valence-electron chi connectivity index (χ3n) is 2.99. The fourth-order valence-corrected chi connectivity index (χ4v) is 1.56. The first kappa shape index (κ1) is 17.8. The van der Waals surface area contributed by atoms with Crippen molar-refractivity contribution in [2.45, 2.75) is 45.6 Å². The minimum atomic E-state index is -0.0783. The second-order valence-electron chi connectivity index (χ2n) is 4.79. The molecule has 1 unspecified atom stereocenters. The zero-order chi connectivity index (χ0) is 13.7. The summed E-state index contributed by atoms with van der Waals surface area (Å²) in [7, 11) is 1.71. The van der Waals surface area contributed by atoms with Crippen molar-refractivity contribution in [2.75, 3.05) is 46.6 Å². The van der Waals surface area contributed by atoms with Crippen LogP contribution in [-0.2, 0) is 14.2 Å². The predicted molar refractivity (Wildman–Crippen MR) is 75.1 cm³/mol. The normalized spacial score (nSPS) is 14.7. The van der Waals surface area contributed by atoms with Crippen molar-refractivity contribution in [3.8, 4) is 0 Å². The molecule has 110 valence electrons. The SMILES string of the molecule is CCCNCC(C)(CC)OCCOCCCOC. The molecule has 0 saturated carbocycles. The molecule has 0 radical (unpaired) electrons. The lowest BCUT2D eigenvalue weighted by Gasteiger charge is -2.29. The van der Waals surface area contributed by atoms with Gasteiger partial charge in [0.1, 0.15) is 0 Å². The van der Waals surface area contributed by atoms with Crippen LogP contribution in [0.2, 0.25) is 0 Å². The maximum Gasteiger partial charge on any atom is 0.0776 e. The van der Waals surface area contributed by atoms with Gasteiger partial charge in [-0.1, -0.05) is 13.8 Å². The molecule has 4 nitrogen and oxygen atoms in total. The largest absolute Gasteiger partial charge is 0.385 e. The summed E-state index contributed by atoms with van der Waals surface area (Å²) in [5, 5.41) is 3.41. The molecule has 0 aliphatic heterocycles. The molecular formula is C14H31NO3. The smallest absolute Gasteiger partial charge is 0.0776 e. The van der Waals surface area contributed by atoms with Gasteiger partial charge in [0.2, 0.25) is 0 Å². The molecule has 0 aromatic rings. The standard InChI is InChI=1S/C14H31NO3/c1-5-8-15-13-14(3,6-2)18-12-11-17-10-7-9-16-4/h15H,5-13H2,1-4H3. The summed E-state index contributed by atoms with van der Waals surface area (Å²) in [6.07, 6.45) is 3.11. The molecule has 0 aliphatic rings. The molecule has 1 N–H and O–H groups in total. The van der Waals surface area contributed by atoms with E-state index >= 15 is 0 Å². The van der Waals surface area contributed by atoms with Crippen molar-refractivity contribution in [3.63, 3.8) is 0 Å². The number of ether oxygens (including phenoxy) is 3. The van der Waals surface area contributed by atoms with Crippen molar-refractivity contribution >= 4 is 0 Å². The van der Waals surface area contributed by atoms with Crippen molar-refractivity contribution in [3.05, 3.63) is 0 Å². The first-order valence-electron chi connectivity index (χ1n) is 7.10. The van der Waals surface area contributed by atoms with Crippen LogP contribution in [0.15, 0.2) is 0 Å². The highest BCUT2D eigenvalue weighted by atomic mass is 16.5. The average Bonchev–Trinajstić information content (AvgIpc) is 2.38. The quantitative estimate of drug-likeness (QED) is 0.516. The van der Waals surface area contributed by atoms with Gasteiger partial charge in [0.05, 0.1) is 18.8 Å². The Morgan fingerprint density at radius 2 is 1.83 bits per heavy atom. The minimum absolute atomic E-state index is 0.0783. The third-order valence-corrected chi connectivity index (χ3v) is 2.99. The van der Waals surface area contributed by atoms with E-state index in [0.717, 1.165) is 45.6 Å². The Balaban J connectivity index is 3.53. The Bertz CT molecular complexity index is 178. The fraction of sp³-hybridized carbons (Fsp3) is 1.00. The molecule has 0 aromatic carbocycles. The molecule has 0 aromatic heterocycles. The zero-order valence-electron chi connectivity index (χ0n) is 12.6. The minimum Gasteiger partial charge on any atom is -0.385 e. The molecule has 0 spiro atoms. The van der Waals surface area contributed by atoms with Gasteiger partial charge < -0.3 is 19.5 Å². The van der Waals surface area contributed by atoms with Gasteiger partial charge in [0.25, 0.3) is 0 Å². The Hall–Kier alpha value is -0.160. The molecule has 4 heteroatoms. The van der Waals surface area contributed by atoms with Gasteiger partial charge in [0, 0.05) is 26.9 Å². The van der Waals surface area contributed by atoms with Crippen molar-refractivity contribution in [2.24, 2.45) is 0 Å². The number of nitrogens with one attached hydrogen (secondary N) is 1. The Kier molecular flexibility index (Phi) is 11.8. The summed E-state index contributed by atoms with van der Waals surface area (Å²) in [6, 6.07) is 0. The van der Waals surface area contributed by atoms with E-state index in [2.05, 4.69) is 26.1 Å². The Labute approximate surface area is 112 Å². The van der Waals surface area contributed by atoms with E-state index in [1.54, 1.807) is 7.11 Å². The first-order chi connectivity index (χ1) is 8.68. The van der Waals surface area contributed by atoms with E-state index in [9.17, 15) is 0 Å². The zero-order valence-corrected chi connectivity index (χ0v) is 12.6. The summed E-state index contributed by atoms with van der Waals surface area (Å²) in [4.78, 5) is 0. The van der Waals surface area contributed by atoms with Crippen LogP contribution in [-0.4, -0.2) is 52.2 Å². The molecule has 0 fully saturated rings. The lowest BCUT2D eigenvalue weighted by molar-refractivity contribution is -0.0585. The predicted octanol–water partition coefficient (Wildman–Crippen LogP) is 2.22. The van der Waals surface area contributed by atoms with E-state index in [-0.39, 0.29) is 5.60 Å². The Morgan fingerprint density at radius 3 is 2.44 bits per heavy atom. The monoisotopic (exact) mass is 261 g/mol. The van der Waals surface area contributed by atoms with Crippen LogP contribution in [0.5, 0.6) is 0 Å². The van der Waals surface area contributed by atoms with Crippen molar-refractivity contribution in [1.82, 2.24) is 5.32 Å². The van der Waals surface area contributed by atoms with Crippen LogP contribution in [0.3, 0.4) is 0 Å². The topological polar surface area (TPSA) is 39.7 Å². The van der Waals surface area contributed by atoms with Gasteiger partial charge in [-0.05, 0) is 32.7 Å². The van der Waals surface area contributed by atoms with Crippen molar-refractivity contribution < 1.29 is 14.2 Å². The number of hydrogen-bond donors (Lipinski definition) is 1. The maximum absolute atomic E-state index is 5.91. The molecule has 0 bridgehead atoms. The van der Waals surface area contributed by atoms with Gasteiger partial charge in [-0.25, -0.2) is 0 Å². The molecule has 0 rings (SSSR count). The van der Waals surface area contributed by atoms with E-state index in [1.807, 2.05) is 0 Å². The lowest BCUT2D eigenvalue weighted by Crippen LogP contribution is -2.41. The fourth-order valence-electron chi connectivity index (χ4n) is 1.56. The second-order valence-corrected chi connectivity index (χ2v) is 4.79. The highest BCUT2D eigenvalue weighted by molar-refractivity contribution is 4.76. The van der Waals surface area contributed by atoms with E-state index in [0.29, 0.717) is 13.2 Å². The molecule has 18 heavy (non-hydrogen) atoms. The summed E-state index contributed by atoms with van der Waals surface area (Å²) >= 11 is 0. The van der Waals surface area contributed by atoms with Gasteiger partial charge >= 0.3 is 0 Å². The van der Waals surface area contributed by atoms with Crippen LogP contribution in [0.1, 0.15) is 40.0 Å². The van der Waals surface area contributed by atoms with Crippen LogP contribution in [0.4, 0.5) is 0 Å². The highest BCUT2D eigenvalue weighted by Crippen LogP contribution is 2.13. The lowest BCUT2D eigenvalue weighted by atomic mass is 10.0. The van der Waals surface area contributed by atoms with Gasteiger partial charge in [-0.2, -0.15) is 0 Å². The van der Waals surface area contributed by atoms with Crippen LogP contribution in [0.25, 0.3) is 0 Å². The first-order valence-corrected chi connectivity index (χ1v) is 7.10. The molecule has 0 amide bonds. The molecule has 0 saturated heterocycles. The second kappa shape index (κ2) is 11.9. The molecule has 0 aliphatic carbocycles. The number of rotatable bonds is 13. The Morgan fingerprint density at radius 1 is 1.06 bits per heavy atom. The molecule has 0 heterocycles. The number of methoxy groups -OCH3 is 1. The summed E-state index contributed by atoms with van der Waals surface area (Å²) in [5.41, 5.74) is -0.0783. The third kappa shape index (κ3) is 9.83. The van der Waals surface area contributed by atoms with E-state index < -0.39 is 0 Å². The van der Waals surface area contributed by atoms with E-state index in [1.165, 1.54) is 0 Å². The summed E-state index contributed by atoms with van der Waals surface area (Å²) in [6.45, 7) is 11.3. The van der Waals surface area contributed by atoms with Gasteiger partial charge in [-0.15, -0.1) is 0 Å². The highest BCUT2D eigenvalue weighted by Gasteiger charge is 2.21. The average molecular weight is 261 g/mol. The summed E-state index contributed by atoms with van der Waals surface area (Å²) in [5.74, 6) is 0. The van der Waals surface area contributed by atoms with Gasteiger partial charge in [0.15, 0.2) is 0 Å². The molecule has 1 atom stereocenters. The molecular weight excluding hydrogens is 230 g/mol. The van der Waals surface area contributed by atoms with Crippen LogP contribution >= 0.6 is 0 Å². The van der Waals surface area contributed by atoms with Crippen LogP contribution in [0, 0.1) is 0 Å².